The number of piperidine rings is 2. The first kappa shape index (κ1) is 24.4. The average molecular weight is 492 g/mol. The molecule has 0 aliphatic carbocycles. The Morgan fingerprint density at radius 2 is 1.76 bits per heavy atom. The molecule has 4 rings (SSSR count). The number of aryl methyl sites for hydroxylation is 1. The molecule has 7 nitrogen and oxygen atoms in total. The summed E-state index contributed by atoms with van der Waals surface area (Å²) in [6, 6.07) is 1.70. The molecule has 0 amide bonds. The van der Waals surface area contributed by atoms with Crippen LogP contribution in [0.4, 0.5) is 20.4 Å². The quantitative estimate of drug-likeness (QED) is 0.659. The lowest BCUT2D eigenvalue weighted by molar-refractivity contribution is 0.182. The number of nitrogens with zero attached hydrogens (tertiary/aromatic N) is 4. The van der Waals surface area contributed by atoms with Crippen LogP contribution >= 0.6 is 0 Å². The van der Waals surface area contributed by atoms with Crippen LogP contribution in [-0.2, 0) is 16.3 Å². The summed E-state index contributed by atoms with van der Waals surface area (Å²) in [6.07, 6.45) is 9.00. The number of sulfone groups is 1. The fraction of sp³-hybridized carbons (Fsp3) is 0.500. The van der Waals surface area contributed by atoms with Crippen molar-refractivity contribution in [3.8, 4) is 0 Å². The minimum absolute atomic E-state index is 0.0552. The van der Waals surface area contributed by atoms with Gasteiger partial charge < -0.3 is 15.1 Å². The van der Waals surface area contributed by atoms with Crippen molar-refractivity contribution >= 4 is 21.5 Å². The summed E-state index contributed by atoms with van der Waals surface area (Å²) in [6.45, 7) is 8.89. The fourth-order valence-corrected chi connectivity index (χ4v) is 5.46. The third-order valence-corrected chi connectivity index (χ3v) is 7.81. The van der Waals surface area contributed by atoms with Gasteiger partial charge in [-0.25, -0.2) is 27.2 Å². The van der Waals surface area contributed by atoms with E-state index in [1.807, 2.05) is 12.4 Å². The molecule has 3 heterocycles. The normalized spacial score (nSPS) is 20.0. The van der Waals surface area contributed by atoms with E-state index in [1.165, 1.54) is 0 Å². The number of anilines is 2. The van der Waals surface area contributed by atoms with Gasteiger partial charge in [0.1, 0.15) is 16.5 Å². The third-order valence-electron chi connectivity index (χ3n) is 6.70. The van der Waals surface area contributed by atoms with Crippen molar-refractivity contribution in [2.24, 2.45) is 0 Å². The predicted molar refractivity (Wildman–Crippen MR) is 129 cm³/mol. The molecule has 0 bridgehead atoms. The first-order valence-electron chi connectivity index (χ1n) is 11.6. The Bertz CT molecular complexity index is 1150. The lowest BCUT2D eigenvalue weighted by atomic mass is 9.95. The maximum atomic E-state index is 14.6. The fourth-order valence-electron chi connectivity index (χ4n) is 4.73. The highest BCUT2D eigenvalue weighted by Gasteiger charge is 2.32. The lowest BCUT2D eigenvalue weighted by Gasteiger charge is -2.45. The second-order valence-electron chi connectivity index (χ2n) is 9.02. The van der Waals surface area contributed by atoms with Gasteiger partial charge in [0.15, 0.2) is 9.84 Å². The number of aromatic nitrogens is 2. The maximum Gasteiger partial charge on any atom is 0.225 e. The first-order chi connectivity index (χ1) is 16.2. The van der Waals surface area contributed by atoms with Crippen LogP contribution in [0.15, 0.2) is 41.7 Å². The van der Waals surface area contributed by atoms with Gasteiger partial charge in [-0.3, -0.25) is 0 Å². The lowest BCUT2D eigenvalue weighted by Crippen LogP contribution is -2.49. The van der Waals surface area contributed by atoms with Crippen molar-refractivity contribution in [3.05, 3.63) is 54.0 Å². The van der Waals surface area contributed by atoms with E-state index in [0.717, 1.165) is 87.3 Å². The molecule has 1 aromatic heterocycles. The highest BCUT2D eigenvalue weighted by atomic mass is 32.2. The number of benzene rings is 1. The van der Waals surface area contributed by atoms with E-state index < -0.39 is 26.4 Å². The van der Waals surface area contributed by atoms with E-state index in [0.29, 0.717) is 6.04 Å². The number of likely N-dealkylation sites (tertiary alicyclic amines) is 1. The summed E-state index contributed by atoms with van der Waals surface area (Å²) in [4.78, 5) is 12.8. The summed E-state index contributed by atoms with van der Waals surface area (Å²) in [7, 11) is -3.85. The molecular formula is C24H31F2N5O2S. The summed E-state index contributed by atoms with van der Waals surface area (Å²) < 4.78 is 52.2. The van der Waals surface area contributed by atoms with Gasteiger partial charge in [-0.15, -0.1) is 0 Å². The minimum Gasteiger partial charge on any atom is -0.374 e. The summed E-state index contributed by atoms with van der Waals surface area (Å²) in [5.74, 6) is -1.01. The number of nitrogens with one attached hydrogen (secondary N) is 1. The smallest absolute Gasteiger partial charge is 0.225 e. The molecule has 2 saturated heterocycles. The largest absolute Gasteiger partial charge is 0.374 e. The molecule has 1 atom stereocenters. The van der Waals surface area contributed by atoms with Crippen molar-refractivity contribution in [1.29, 1.82) is 0 Å². The Morgan fingerprint density at radius 1 is 1.09 bits per heavy atom. The summed E-state index contributed by atoms with van der Waals surface area (Å²) in [5, 5.41) is 3.05. The van der Waals surface area contributed by atoms with Crippen molar-refractivity contribution in [1.82, 2.24) is 14.9 Å². The standard InChI is InChI=1S/C24H31F2N5O2S/c1-4-17-14-27-24(28-15-17)30-10-7-18(8-11-30)31-9-5-6-21(16(31)2)29-22-12-20(26)23(13-19(22)25)34(3,32)33/h12-15,18,21,29H,2,4-11H2,1,3H3/t21-/m1/s1. The highest BCUT2D eigenvalue weighted by Crippen LogP contribution is 2.31. The van der Waals surface area contributed by atoms with E-state index in [-0.39, 0.29) is 11.7 Å². The van der Waals surface area contributed by atoms with Crippen molar-refractivity contribution in [3.63, 3.8) is 0 Å². The number of halogens is 2. The van der Waals surface area contributed by atoms with Gasteiger partial charge in [0, 0.05) is 56.1 Å². The van der Waals surface area contributed by atoms with Gasteiger partial charge >= 0.3 is 0 Å². The van der Waals surface area contributed by atoms with Crippen molar-refractivity contribution in [2.45, 2.75) is 56.0 Å². The monoisotopic (exact) mass is 491 g/mol. The van der Waals surface area contributed by atoms with E-state index >= 15 is 0 Å². The molecule has 2 aliphatic heterocycles. The molecule has 184 valence electrons. The van der Waals surface area contributed by atoms with Crippen LogP contribution in [0, 0.1) is 11.6 Å². The van der Waals surface area contributed by atoms with Crippen LogP contribution in [0.25, 0.3) is 0 Å². The second kappa shape index (κ2) is 9.85. The average Bonchev–Trinajstić information content (AvgIpc) is 2.82. The number of hydrogen-bond acceptors (Lipinski definition) is 7. The topological polar surface area (TPSA) is 78.4 Å². The molecule has 1 N–H and O–H groups in total. The molecule has 1 aromatic carbocycles. The van der Waals surface area contributed by atoms with E-state index in [9.17, 15) is 17.2 Å². The summed E-state index contributed by atoms with van der Waals surface area (Å²) in [5.41, 5.74) is 1.91. The van der Waals surface area contributed by atoms with Gasteiger partial charge in [0.05, 0.1) is 11.7 Å². The Labute approximate surface area is 199 Å². The Balaban J connectivity index is 1.40. The zero-order chi connectivity index (χ0) is 24.5. The Morgan fingerprint density at radius 3 is 2.38 bits per heavy atom. The highest BCUT2D eigenvalue weighted by molar-refractivity contribution is 7.90. The van der Waals surface area contributed by atoms with Gasteiger partial charge in [-0.1, -0.05) is 13.5 Å². The van der Waals surface area contributed by atoms with Gasteiger partial charge in [0.2, 0.25) is 5.95 Å². The molecule has 0 spiro atoms. The van der Waals surface area contributed by atoms with E-state index in [2.05, 4.69) is 38.6 Å². The minimum atomic E-state index is -3.85. The van der Waals surface area contributed by atoms with Crippen molar-refractivity contribution in [2.75, 3.05) is 36.1 Å². The molecule has 0 saturated carbocycles. The van der Waals surface area contributed by atoms with Crippen LogP contribution in [0.1, 0.15) is 38.2 Å². The molecular weight excluding hydrogens is 460 g/mol. The molecule has 0 radical (unpaired) electrons. The Kier molecular flexibility index (Phi) is 7.06. The predicted octanol–water partition coefficient (Wildman–Crippen LogP) is 3.78. The molecule has 2 fully saturated rings. The zero-order valence-corrected chi connectivity index (χ0v) is 20.4. The molecule has 0 unspecified atom stereocenters. The molecule has 2 aromatic rings. The van der Waals surface area contributed by atoms with Gasteiger partial charge in [-0.05, 0) is 43.7 Å². The zero-order valence-electron chi connectivity index (χ0n) is 19.6. The van der Waals surface area contributed by atoms with Crippen LogP contribution in [0.2, 0.25) is 0 Å². The molecule has 2 aliphatic rings. The van der Waals surface area contributed by atoms with E-state index in [1.54, 1.807) is 0 Å². The van der Waals surface area contributed by atoms with E-state index in [4.69, 9.17) is 0 Å². The summed E-state index contributed by atoms with van der Waals surface area (Å²) >= 11 is 0. The first-order valence-corrected chi connectivity index (χ1v) is 13.5. The SMILES string of the molecule is C=C1[C@H](Nc2cc(F)c(S(C)(=O)=O)cc2F)CCCN1C1CCN(c2ncc(CC)cn2)CC1. The van der Waals surface area contributed by atoms with Crippen LogP contribution in [0.3, 0.4) is 0 Å². The molecule has 34 heavy (non-hydrogen) atoms. The van der Waals surface area contributed by atoms with Crippen molar-refractivity contribution < 1.29 is 17.2 Å². The number of rotatable bonds is 6. The maximum absolute atomic E-state index is 14.6. The van der Waals surface area contributed by atoms with Gasteiger partial charge in [0.25, 0.3) is 0 Å². The van der Waals surface area contributed by atoms with Crippen LogP contribution < -0.4 is 10.2 Å². The second-order valence-corrected chi connectivity index (χ2v) is 11.0. The van der Waals surface area contributed by atoms with Crippen LogP contribution in [-0.4, -0.2) is 61.3 Å². The third kappa shape index (κ3) is 5.16. The number of hydrogen-bond donors (Lipinski definition) is 1. The van der Waals surface area contributed by atoms with Gasteiger partial charge in [-0.2, -0.15) is 0 Å². The Hall–Kier alpha value is -2.75. The van der Waals surface area contributed by atoms with Crippen LogP contribution in [0.5, 0.6) is 0 Å². The molecule has 10 heteroatoms.